The van der Waals surface area contributed by atoms with Gasteiger partial charge in [0.25, 0.3) is 5.91 Å². The fraction of sp³-hybridized carbons (Fsp3) is 0.333. The minimum atomic E-state index is -3.54. The van der Waals surface area contributed by atoms with Crippen LogP contribution in [0, 0.1) is 11.3 Å². The highest BCUT2D eigenvalue weighted by Crippen LogP contribution is 2.31. The number of carbonyl (C=O) groups is 1. The van der Waals surface area contributed by atoms with E-state index in [1.54, 1.807) is 35.2 Å². The molecule has 0 aromatic heterocycles. The summed E-state index contributed by atoms with van der Waals surface area (Å²) in [6, 6.07) is 11.6. The number of nitrogens with zero attached hydrogens (tertiary/aromatic N) is 3. The molecule has 1 heterocycles. The van der Waals surface area contributed by atoms with Crippen molar-refractivity contribution in [1.29, 1.82) is 5.26 Å². The van der Waals surface area contributed by atoms with Gasteiger partial charge in [-0.3, -0.25) is 4.79 Å². The smallest absolute Gasteiger partial charge is 0.264 e. The van der Waals surface area contributed by atoms with Gasteiger partial charge in [0.15, 0.2) is 18.1 Å². The Morgan fingerprint density at radius 1 is 1.20 bits per heavy atom. The van der Waals surface area contributed by atoms with Gasteiger partial charge in [0, 0.05) is 32.4 Å². The largest absolute Gasteiger partial charge is 0.493 e. The second-order valence-corrected chi connectivity index (χ2v) is 9.14. The van der Waals surface area contributed by atoms with Gasteiger partial charge in [-0.15, -0.1) is 0 Å². The van der Waals surface area contributed by atoms with Crippen molar-refractivity contribution in [2.75, 3.05) is 39.3 Å². The Kier molecular flexibility index (Phi) is 6.29. The number of anilines is 1. The van der Waals surface area contributed by atoms with Crippen molar-refractivity contribution < 1.29 is 22.7 Å². The molecular weight excluding hydrogens is 406 g/mol. The van der Waals surface area contributed by atoms with Crippen LogP contribution in [0.3, 0.4) is 0 Å². The van der Waals surface area contributed by atoms with Gasteiger partial charge in [0.05, 0.1) is 23.6 Å². The van der Waals surface area contributed by atoms with Gasteiger partial charge < -0.3 is 14.4 Å². The van der Waals surface area contributed by atoms with Crippen LogP contribution in [0.15, 0.2) is 41.3 Å². The summed E-state index contributed by atoms with van der Waals surface area (Å²) in [5, 5.41) is 8.98. The lowest BCUT2D eigenvalue weighted by atomic mass is 10.0. The van der Waals surface area contributed by atoms with Crippen LogP contribution in [0.25, 0.3) is 0 Å². The number of hydrogen-bond donors (Lipinski definition) is 0. The predicted molar refractivity (Wildman–Crippen MR) is 111 cm³/mol. The van der Waals surface area contributed by atoms with Crippen molar-refractivity contribution in [1.82, 2.24) is 4.31 Å². The molecule has 0 radical (unpaired) electrons. The molecule has 158 valence electrons. The first kappa shape index (κ1) is 21.6. The zero-order chi connectivity index (χ0) is 21.9. The first-order chi connectivity index (χ1) is 14.3. The Morgan fingerprint density at radius 2 is 1.97 bits per heavy atom. The molecule has 0 fully saturated rings. The first-order valence-corrected chi connectivity index (χ1v) is 10.8. The van der Waals surface area contributed by atoms with Gasteiger partial charge in [0.2, 0.25) is 10.0 Å². The third-order valence-corrected chi connectivity index (χ3v) is 6.70. The Labute approximate surface area is 176 Å². The lowest BCUT2D eigenvalue weighted by Crippen LogP contribution is -2.38. The number of amides is 1. The van der Waals surface area contributed by atoms with E-state index in [0.29, 0.717) is 35.7 Å². The number of rotatable bonds is 6. The van der Waals surface area contributed by atoms with E-state index in [1.807, 2.05) is 6.07 Å². The molecular formula is C21H23N3O5S. The molecule has 0 saturated carbocycles. The molecule has 2 aromatic rings. The maximum Gasteiger partial charge on any atom is 0.264 e. The standard InChI is InChI=1S/C21H23N3O5S/c1-23(2)30(26,27)17-7-8-18-16(12-17)5-4-10-24(18)21(25)14-29-19-9-6-15(13-22)11-20(19)28-3/h6-9,11-12H,4-5,10,14H2,1-3H3. The van der Waals surface area contributed by atoms with Crippen LogP contribution in [0.2, 0.25) is 0 Å². The quantitative estimate of drug-likeness (QED) is 0.698. The van der Waals surface area contributed by atoms with E-state index >= 15 is 0 Å². The molecule has 0 bridgehead atoms. The van der Waals surface area contributed by atoms with Crippen molar-refractivity contribution in [3.05, 3.63) is 47.5 Å². The lowest BCUT2D eigenvalue weighted by Gasteiger charge is -2.30. The van der Waals surface area contributed by atoms with Crippen LogP contribution in [-0.4, -0.2) is 53.0 Å². The fourth-order valence-electron chi connectivity index (χ4n) is 3.28. The van der Waals surface area contributed by atoms with Crippen LogP contribution in [0.1, 0.15) is 17.5 Å². The molecule has 1 amide bonds. The molecule has 3 rings (SSSR count). The number of ether oxygens (including phenoxy) is 2. The summed E-state index contributed by atoms with van der Waals surface area (Å²) in [6.45, 7) is 0.318. The van der Waals surface area contributed by atoms with E-state index in [2.05, 4.69) is 0 Å². The van der Waals surface area contributed by atoms with Crippen molar-refractivity contribution in [3.63, 3.8) is 0 Å². The maximum absolute atomic E-state index is 12.8. The maximum atomic E-state index is 12.8. The molecule has 0 aliphatic carbocycles. The first-order valence-electron chi connectivity index (χ1n) is 9.34. The molecule has 30 heavy (non-hydrogen) atoms. The summed E-state index contributed by atoms with van der Waals surface area (Å²) in [4.78, 5) is 14.6. The number of sulfonamides is 1. The highest BCUT2D eigenvalue weighted by Gasteiger charge is 2.26. The van der Waals surface area contributed by atoms with E-state index in [9.17, 15) is 13.2 Å². The normalized spacial score (nSPS) is 13.5. The summed E-state index contributed by atoms with van der Waals surface area (Å²) >= 11 is 0. The Hall–Kier alpha value is -3.09. The summed E-state index contributed by atoms with van der Waals surface area (Å²) < 4.78 is 36.8. The van der Waals surface area contributed by atoms with E-state index in [1.165, 1.54) is 31.6 Å². The van der Waals surface area contributed by atoms with E-state index in [-0.39, 0.29) is 17.4 Å². The van der Waals surface area contributed by atoms with Crippen LogP contribution in [0.5, 0.6) is 11.5 Å². The average Bonchev–Trinajstić information content (AvgIpc) is 2.76. The van der Waals surface area contributed by atoms with Crippen molar-refractivity contribution in [3.8, 4) is 17.6 Å². The van der Waals surface area contributed by atoms with Gasteiger partial charge in [-0.2, -0.15) is 5.26 Å². The molecule has 0 atom stereocenters. The van der Waals surface area contributed by atoms with Gasteiger partial charge in [-0.1, -0.05) is 0 Å². The molecule has 0 saturated heterocycles. The SMILES string of the molecule is COc1cc(C#N)ccc1OCC(=O)N1CCCc2cc(S(=O)(=O)N(C)C)ccc21. The number of benzene rings is 2. The molecule has 8 nitrogen and oxygen atoms in total. The van der Waals surface area contributed by atoms with Gasteiger partial charge in [0.1, 0.15) is 0 Å². The number of aryl methyl sites for hydroxylation is 1. The molecule has 0 spiro atoms. The van der Waals surface area contributed by atoms with Crippen molar-refractivity contribution >= 4 is 21.6 Å². The highest BCUT2D eigenvalue weighted by atomic mass is 32.2. The molecule has 2 aromatic carbocycles. The summed E-state index contributed by atoms with van der Waals surface area (Å²) in [5.74, 6) is 0.500. The number of nitriles is 1. The lowest BCUT2D eigenvalue weighted by molar-refractivity contribution is -0.120. The van der Waals surface area contributed by atoms with Crippen molar-refractivity contribution in [2.45, 2.75) is 17.7 Å². The van der Waals surface area contributed by atoms with Gasteiger partial charge >= 0.3 is 0 Å². The number of carbonyl (C=O) groups excluding carboxylic acids is 1. The van der Waals surface area contributed by atoms with Crippen LogP contribution < -0.4 is 14.4 Å². The number of hydrogen-bond acceptors (Lipinski definition) is 6. The number of fused-ring (bicyclic) bond motifs is 1. The Balaban J connectivity index is 1.79. The van der Waals surface area contributed by atoms with Crippen LogP contribution in [0.4, 0.5) is 5.69 Å². The third kappa shape index (κ3) is 4.25. The minimum absolute atomic E-state index is 0.208. The second kappa shape index (κ2) is 8.73. The van der Waals surface area contributed by atoms with Crippen molar-refractivity contribution in [2.24, 2.45) is 0 Å². The fourth-order valence-corrected chi connectivity index (χ4v) is 4.23. The molecule has 9 heteroatoms. The minimum Gasteiger partial charge on any atom is -0.493 e. The Morgan fingerprint density at radius 3 is 2.63 bits per heavy atom. The Bertz CT molecular complexity index is 1110. The average molecular weight is 429 g/mol. The monoisotopic (exact) mass is 429 g/mol. The zero-order valence-electron chi connectivity index (χ0n) is 17.1. The third-order valence-electron chi connectivity index (χ3n) is 4.89. The van der Waals surface area contributed by atoms with Gasteiger partial charge in [-0.05, 0) is 48.7 Å². The number of methoxy groups -OCH3 is 1. The predicted octanol–water partition coefficient (Wildman–Crippen LogP) is 2.18. The molecule has 0 N–H and O–H groups in total. The molecule has 1 aliphatic rings. The molecule has 1 aliphatic heterocycles. The van der Waals surface area contributed by atoms with E-state index in [4.69, 9.17) is 14.7 Å². The van der Waals surface area contributed by atoms with E-state index in [0.717, 1.165) is 12.0 Å². The van der Waals surface area contributed by atoms with E-state index < -0.39 is 10.0 Å². The van der Waals surface area contributed by atoms with Crippen LogP contribution >= 0.6 is 0 Å². The molecule has 0 unspecified atom stereocenters. The summed E-state index contributed by atoms with van der Waals surface area (Å²) in [6.07, 6.45) is 1.42. The highest BCUT2D eigenvalue weighted by molar-refractivity contribution is 7.89. The second-order valence-electron chi connectivity index (χ2n) is 6.99. The van der Waals surface area contributed by atoms with Gasteiger partial charge in [-0.25, -0.2) is 12.7 Å². The topological polar surface area (TPSA) is 99.9 Å². The summed E-state index contributed by atoms with van der Waals surface area (Å²) in [7, 11) is 0.895. The van der Waals surface area contributed by atoms with Crippen LogP contribution in [-0.2, 0) is 21.2 Å². The summed E-state index contributed by atoms with van der Waals surface area (Å²) in [5.41, 5.74) is 1.94. The zero-order valence-corrected chi connectivity index (χ0v) is 17.9.